The van der Waals surface area contributed by atoms with Crippen molar-refractivity contribution < 1.29 is 14.3 Å². The number of thiophene rings is 1. The van der Waals surface area contributed by atoms with E-state index in [1.54, 1.807) is 18.4 Å². The molecule has 1 aromatic heterocycles. The van der Waals surface area contributed by atoms with Crippen LogP contribution < -0.4 is 0 Å². The summed E-state index contributed by atoms with van der Waals surface area (Å²) >= 11 is 1.70. The number of hydrogen-bond donors (Lipinski definition) is 0. The zero-order valence-electron chi connectivity index (χ0n) is 16.1. The zero-order valence-corrected chi connectivity index (χ0v) is 16.9. The second-order valence-electron chi connectivity index (χ2n) is 7.17. The Morgan fingerprint density at radius 3 is 2.79 bits per heavy atom. The maximum Gasteiger partial charge on any atom is 0.254 e. The number of fused-ring (bicyclic) bond motifs is 1. The fourth-order valence-corrected chi connectivity index (χ4v) is 4.35. The Labute approximate surface area is 169 Å². The number of rotatable bonds is 7. The van der Waals surface area contributed by atoms with Gasteiger partial charge < -0.3 is 14.4 Å². The molecule has 4 nitrogen and oxygen atoms in total. The van der Waals surface area contributed by atoms with Crippen molar-refractivity contribution in [2.75, 3.05) is 33.4 Å². The average molecular weight is 396 g/mol. The molecule has 0 saturated carbocycles. The summed E-state index contributed by atoms with van der Waals surface area (Å²) in [6.07, 6.45) is 2.22. The lowest BCUT2D eigenvalue weighted by molar-refractivity contribution is 0.0456. The van der Waals surface area contributed by atoms with Crippen LogP contribution in [0.4, 0.5) is 0 Å². The first-order chi connectivity index (χ1) is 13.7. The maximum absolute atomic E-state index is 13.2. The third-order valence-electron chi connectivity index (χ3n) is 5.24. The standard InChI is InChI=1S/C23H25NO3S/c1-26-11-9-24(15-22-3-2-10-27-22)23(25)20-7-6-17-13-19(5-4-18(17)14-20)21-8-12-28-16-21/h4-8,12-14,16,22H,2-3,9-11,15H2,1H3. The minimum absolute atomic E-state index is 0.0383. The van der Waals surface area contributed by atoms with Crippen molar-refractivity contribution >= 4 is 28.0 Å². The second-order valence-corrected chi connectivity index (χ2v) is 7.95. The van der Waals surface area contributed by atoms with Gasteiger partial charge in [-0.3, -0.25) is 4.79 Å². The third-order valence-corrected chi connectivity index (χ3v) is 5.93. The highest BCUT2D eigenvalue weighted by Gasteiger charge is 2.23. The van der Waals surface area contributed by atoms with Crippen LogP contribution in [0.15, 0.2) is 53.2 Å². The minimum Gasteiger partial charge on any atom is -0.383 e. The predicted molar refractivity (Wildman–Crippen MR) is 114 cm³/mol. The van der Waals surface area contributed by atoms with Gasteiger partial charge in [0.15, 0.2) is 0 Å². The van der Waals surface area contributed by atoms with Crippen molar-refractivity contribution in [3.63, 3.8) is 0 Å². The van der Waals surface area contributed by atoms with Crippen LogP contribution in [0, 0.1) is 0 Å². The lowest BCUT2D eigenvalue weighted by Crippen LogP contribution is -2.39. The van der Waals surface area contributed by atoms with Crippen molar-refractivity contribution in [1.82, 2.24) is 4.90 Å². The van der Waals surface area contributed by atoms with Gasteiger partial charge in [0, 0.05) is 32.4 Å². The first-order valence-electron chi connectivity index (χ1n) is 9.71. The molecule has 0 spiro atoms. The Hall–Kier alpha value is -2.21. The van der Waals surface area contributed by atoms with Crippen molar-refractivity contribution in [2.45, 2.75) is 18.9 Å². The summed E-state index contributed by atoms with van der Waals surface area (Å²) in [5, 5.41) is 6.46. The molecule has 2 heterocycles. The number of carbonyl (C=O) groups excluding carboxylic acids is 1. The summed E-state index contributed by atoms with van der Waals surface area (Å²) in [5.74, 6) is 0.0383. The van der Waals surface area contributed by atoms with Gasteiger partial charge in [0.05, 0.1) is 12.7 Å². The first-order valence-corrected chi connectivity index (χ1v) is 10.6. The van der Waals surface area contributed by atoms with E-state index < -0.39 is 0 Å². The molecule has 1 amide bonds. The van der Waals surface area contributed by atoms with Gasteiger partial charge in [-0.25, -0.2) is 0 Å². The van der Waals surface area contributed by atoms with Gasteiger partial charge in [0.1, 0.15) is 0 Å². The molecule has 3 aromatic rings. The van der Waals surface area contributed by atoms with Gasteiger partial charge in [0.2, 0.25) is 0 Å². The summed E-state index contributed by atoms with van der Waals surface area (Å²) in [4.78, 5) is 15.0. The van der Waals surface area contributed by atoms with E-state index in [0.717, 1.165) is 30.2 Å². The van der Waals surface area contributed by atoms with Crippen molar-refractivity contribution in [3.8, 4) is 11.1 Å². The number of carbonyl (C=O) groups is 1. The van der Waals surface area contributed by atoms with Crippen LogP contribution in [0.3, 0.4) is 0 Å². The fourth-order valence-electron chi connectivity index (χ4n) is 3.68. The number of hydrogen-bond acceptors (Lipinski definition) is 4. The van der Waals surface area contributed by atoms with E-state index in [4.69, 9.17) is 9.47 Å². The molecular formula is C23H25NO3S. The van der Waals surface area contributed by atoms with E-state index in [1.807, 2.05) is 23.1 Å². The largest absolute Gasteiger partial charge is 0.383 e. The highest BCUT2D eigenvalue weighted by molar-refractivity contribution is 7.08. The van der Waals surface area contributed by atoms with Gasteiger partial charge in [-0.05, 0) is 69.8 Å². The smallest absolute Gasteiger partial charge is 0.254 e. The molecule has 28 heavy (non-hydrogen) atoms. The summed E-state index contributed by atoms with van der Waals surface area (Å²) in [6, 6.07) is 14.5. The van der Waals surface area contributed by atoms with Crippen LogP contribution in [0.5, 0.6) is 0 Å². The number of benzene rings is 2. The molecular weight excluding hydrogens is 370 g/mol. The molecule has 1 saturated heterocycles. The molecule has 4 rings (SSSR count). The SMILES string of the molecule is COCCN(CC1CCCO1)C(=O)c1ccc2cc(-c3ccsc3)ccc2c1. The first kappa shape index (κ1) is 19.1. The quantitative estimate of drug-likeness (QED) is 0.575. The van der Waals surface area contributed by atoms with Crippen LogP contribution >= 0.6 is 11.3 Å². The molecule has 0 radical (unpaired) electrons. The van der Waals surface area contributed by atoms with Gasteiger partial charge in [-0.15, -0.1) is 0 Å². The minimum atomic E-state index is 0.0383. The zero-order chi connectivity index (χ0) is 19.3. The lowest BCUT2D eigenvalue weighted by atomic mass is 10.0. The molecule has 0 bridgehead atoms. The summed E-state index contributed by atoms with van der Waals surface area (Å²) in [6.45, 7) is 2.51. The normalized spacial score (nSPS) is 16.5. The molecule has 1 atom stereocenters. The van der Waals surface area contributed by atoms with E-state index >= 15 is 0 Å². The van der Waals surface area contributed by atoms with Crippen LogP contribution in [0.1, 0.15) is 23.2 Å². The molecule has 5 heteroatoms. The highest BCUT2D eigenvalue weighted by atomic mass is 32.1. The Balaban J connectivity index is 1.56. The fraction of sp³-hybridized carbons (Fsp3) is 0.348. The van der Waals surface area contributed by atoms with E-state index in [2.05, 4.69) is 35.0 Å². The molecule has 1 aliphatic heterocycles. The number of nitrogens with zero attached hydrogens (tertiary/aromatic N) is 1. The molecule has 1 unspecified atom stereocenters. The molecule has 0 aliphatic carbocycles. The Bertz CT molecular complexity index is 932. The third kappa shape index (κ3) is 4.27. The van der Waals surface area contributed by atoms with Crippen LogP contribution in [-0.4, -0.2) is 50.3 Å². The Kier molecular flexibility index (Phi) is 6.05. The van der Waals surface area contributed by atoms with Crippen molar-refractivity contribution in [1.29, 1.82) is 0 Å². The van der Waals surface area contributed by atoms with E-state index in [1.165, 1.54) is 11.1 Å². The second kappa shape index (κ2) is 8.86. The lowest BCUT2D eigenvalue weighted by Gasteiger charge is -2.25. The summed E-state index contributed by atoms with van der Waals surface area (Å²) in [5.41, 5.74) is 3.15. The molecule has 0 N–H and O–H groups in total. The number of amides is 1. The van der Waals surface area contributed by atoms with E-state index in [9.17, 15) is 4.79 Å². The topological polar surface area (TPSA) is 38.8 Å². The Morgan fingerprint density at radius 2 is 2.04 bits per heavy atom. The highest BCUT2D eigenvalue weighted by Crippen LogP contribution is 2.27. The summed E-state index contributed by atoms with van der Waals surface area (Å²) in [7, 11) is 1.66. The average Bonchev–Trinajstić information content (AvgIpc) is 3.44. The Morgan fingerprint density at radius 1 is 1.18 bits per heavy atom. The van der Waals surface area contributed by atoms with E-state index in [0.29, 0.717) is 25.3 Å². The van der Waals surface area contributed by atoms with Gasteiger partial charge >= 0.3 is 0 Å². The van der Waals surface area contributed by atoms with Gasteiger partial charge in [-0.1, -0.05) is 18.2 Å². The molecule has 1 fully saturated rings. The van der Waals surface area contributed by atoms with E-state index in [-0.39, 0.29) is 12.0 Å². The van der Waals surface area contributed by atoms with Crippen LogP contribution in [0.25, 0.3) is 21.9 Å². The van der Waals surface area contributed by atoms with Gasteiger partial charge in [-0.2, -0.15) is 11.3 Å². The predicted octanol–water partition coefficient (Wildman–Crippen LogP) is 4.84. The monoisotopic (exact) mass is 395 g/mol. The summed E-state index contributed by atoms with van der Waals surface area (Å²) < 4.78 is 10.9. The molecule has 1 aliphatic rings. The molecule has 146 valence electrons. The van der Waals surface area contributed by atoms with Crippen LogP contribution in [-0.2, 0) is 9.47 Å². The molecule has 2 aromatic carbocycles. The van der Waals surface area contributed by atoms with Crippen LogP contribution in [0.2, 0.25) is 0 Å². The van der Waals surface area contributed by atoms with Gasteiger partial charge in [0.25, 0.3) is 5.91 Å². The number of methoxy groups -OCH3 is 1. The maximum atomic E-state index is 13.2. The van der Waals surface area contributed by atoms with Crippen molar-refractivity contribution in [2.24, 2.45) is 0 Å². The van der Waals surface area contributed by atoms with Crippen molar-refractivity contribution in [3.05, 3.63) is 58.8 Å². The number of ether oxygens (including phenoxy) is 2.